The number of aliphatic hydroxyl groups excluding tert-OH is 1. The lowest BCUT2D eigenvalue weighted by Gasteiger charge is -2.34. The van der Waals surface area contributed by atoms with E-state index >= 15 is 0 Å². The smallest absolute Gasteiger partial charge is 0.123 e. The first-order valence-electron chi connectivity index (χ1n) is 11.9. The van der Waals surface area contributed by atoms with Crippen molar-refractivity contribution >= 4 is 0 Å². The Morgan fingerprint density at radius 3 is 2.42 bits per heavy atom. The van der Waals surface area contributed by atoms with E-state index in [1.807, 2.05) is 18.2 Å². The number of hydrogen-bond donors (Lipinski definition) is 2. The van der Waals surface area contributed by atoms with E-state index in [1.165, 1.54) is 16.7 Å². The highest BCUT2D eigenvalue weighted by molar-refractivity contribution is 5.48. The first-order chi connectivity index (χ1) is 16.3. The number of para-hydroxylation sites is 1. The predicted octanol–water partition coefficient (Wildman–Crippen LogP) is 3.64. The second-order valence-corrected chi connectivity index (χ2v) is 8.93. The van der Waals surface area contributed by atoms with Gasteiger partial charge in [-0.2, -0.15) is 0 Å². The van der Waals surface area contributed by atoms with E-state index in [-0.39, 0.29) is 11.8 Å². The van der Waals surface area contributed by atoms with Crippen molar-refractivity contribution < 1.29 is 14.6 Å². The summed E-state index contributed by atoms with van der Waals surface area (Å²) in [6.45, 7) is 5.51. The van der Waals surface area contributed by atoms with Gasteiger partial charge in [0, 0.05) is 50.1 Å². The van der Waals surface area contributed by atoms with Crippen molar-refractivity contribution in [2.75, 3.05) is 45.9 Å². The normalized spacial score (nSPS) is 21.6. The lowest BCUT2D eigenvalue weighted by molar-refractivity contribution is 0.0641. The molecule has 172 valence electrons. The van der Waals surface area contributed by atoms with Crippen LogP contribution in [0.2, 0.25) is 0 Å². The molecule has 0 aromatic heterocycles. The highest BCUT2D eigenvalue weighted by Gasteiger charge is 2.33. The first kappa shape index (κ1) is 22.0. The van der Waals surface area contributed by atoms with E-state index in [0.29, 0.717) is 19.8 Å². The molecule has 1 fully saturated rings. The van der Waals surface area contributed by atoms with Gasteiger partial charge in [0.2, 0.25) is 0 Å². The minimum absolute atomic E-state index is 0.213. The molecule has 0 radical (unpaired) electrons. The molecule has 2 aliphatic heterocycles. The number of hydrogen-bond acceptors (Lipinski definition) is 5. The standard InChI is InChI=1S/C28H32N2O3/c31-23(18-30-16-14-29-15-17-30)19-32-24-12-10-22(11-13-24)28-25-8-4-5-9-27(25)33-20-26(28)21-6-2-1-3-7-21/h1-13,23,26,28-29,31H,14-20H2. The summed E-state index contributed by atoms with van der Waals surface area (Å²) in [4.78, 5) is 2.28. The van der Waals surface area contributed by atoms with E-state index in [4.69, 9.17) is 9.47 Å². The number of ether oxygens (including phenoxy) is 2. The minimum Gasteiger partial charge on any atom is -0.493 e. The van der Waals surface area contributed by atoms with Crippen LogP contribution in [-0.4, -0.2) is 62.0 Å². The zero-order chi connectivity index (χ0) is 22.5. The van der Waals surface area contributed by atoms with Gasteiger partial charge in [0.25, 0.3) is 0 Å². The molecular weight excluding hydrogens is 412 g/mol. The maximum atomic E-state index is 10.4. The summed E-state index contributed by atoms with van der Waals surface area (Å²) in [5.74, 6) is 2.21. The highest BCUT2D eigenvalue weighted by Crippen LogP contribution is 2.46. The topological polar surface area (TPSA) is 54.0 Å². The second kappa shape index (κ2) is 10.4. The van der Waals surface area contributed by atoms with Crippen LogP contribution in [-0.2, 0) is 0 Å². The van der Waals surface area contributed by atoms with Crippen molar-refractivity contribution in [3.8, 4) is 11.5 Å². The summed E-state index contributed by atoms with van der Waals surface area (Å²) in [6, 6.07) is 27.3. The Balaban J connectivity index is 1.30. The summed E-state index contributed by atoms with van der Waals surface area (Å²) in [7, 11) is 0. The number of benzene rings is 3. The molecule has 2 N–H and O–H groups in total. The molecule has 3 aromatic rings. The lowest BCUT2D eigenvalue weighted by Crippen LogP contribution is -2.47. The lowest BCUT2D eigenvalue weighted by atomic mass is 9.76. The third-order valence-corrected chi connectivity index (χ3v) is 6.66. The Hall–Kier alpha value is -2.86. The number of aliphatic hydroxyl groups is 1. The van der Waals surface area contributed by atoms with E-state index in [9.17, 15) is 5.11 Å². The van der Waals surface area contributed by atoms with Crippen LogP contribution >= 0.6 is 0 Å². The van der Waals surface area contributed by atoms with Crippen LogP contribution in [0.5, 0.6) is 11.5 Å². The third kappa shape index (κ3) is 5.22. The maximum absolute atomic E-state index is 10.4. The van der Waals surface area contributed by atoms with Gasteiger partial charge < -0.3 is 19.9 Å². The van der Waals surface area contributed by atoms with E-state index in [2.05, 4.69) is 70.9 Å². The fourth-order valence-electron chi connectivity index (χ4n) is 4.97. The molecule has 0 bridgehead atoms. The molecule has 2 heterocycles. The Morgan fingerprint density at radius 1 is 0.909 bits per heavy atom. The summed E-state index contributed by atoms with van der Waals surface area (Å²) < 4.78 is 12.0. The zero-order valence-electron chi connectivity index (χ0n) is 18.9. The van der Waals surface area contributed by atoms with Crippen molar-refractivity contribution in [1.82, 2.24) is 10.2 Å². The fraction of sp³-hybridized carbons (Fsp3) is 0.357. The Kier molecular flexibility index (Phi) is 6.91. The van der Waals surface area contributed by atoms with Gasteiger partial charge in [-0.25, -0.2) is 0 Å². The van der Waals surface area contributed by atoms with Gasteiger partial charge >= 0.3 is 0 Å². The molecular formula is C28H32N2O3. The molecule has 0 spiro atoms. The van der Waals surface area contributed by atoms with Crippen molar-refractivity contribution in [2.45, 2.75) is 17.9 Å². The zero-order valence-corrected chi connectivity index (χ0v) is 18.9. The maximum Gasteiger partial charge on any atom is 0.123 e. The number of fused-ring (bicyclic) bond motifs is 1. The SMILES string of the molecule is OC(COc1ccc(C2c3ccccc3OCC2c2ccccc2)cc1)CN1CCNCC1. The largest absolute Gasteiger partial charge is 0.493 e. The third-order valence-electron chi connectivity index (χ3n) is 6.66. The van der Waals surface area contributed by atoms with Gasteiger partial charge in [-0.3, -0.25) is 4.90 Å². The van der Waals surface area contributed by atoms with E-state index in [0.717, 1.165) is 37.7 Å². The van der Waals surface area contributed by atoms with E-state index < -0.39 is 6.10 Å². The molecule has 5 nitrogen and oxygen atoms in total. The van der Waals surface area contributed by atoms with Crippen LogP contribution < -0.4 is 14.8 Å². The molecule has 5 rings (SSSR count). The number of nitrogens with zero attached hydrogens (tertiary/aromatic N) is 1. The summed E-state index contributed by atoms with van der Waals surface area (Å²) in [6.07, 6.45) is -0.493. The summed E-state index contributed by atoms with van der Waals surface area (Å²) in [5.41, 5.74) is 3.75. The highest BCUT2D eigenvalue weighted by atomic mass is 16.5. The summed E-state index contributed by atoms with van der Waals surface area (Å²) in [5, 5.41) is 13.7. The molecule has 1 saturated heterocycles. The van der Waals surface area contributed by atoms with Crippen LogP contribution in [0.4, 0.5) is 0 Å². The molecule has 0 aliphatic carbocycles. The Morgan fingerprint density at radius 2 is 1.64 bits per heavy atom. The average Bonchev–Trinajstić information content (AvgIpc) is 2.88. The van der Waals surface area contributed by atoms with Gasteiger partial charge in [0.15, 0.2) is 0 Å². The van der Waals surface area contributed by atoms with Gasteiger partial charge in [-0.1, -0.05) is 60.7 Å². The number of β-amino-alcohol motifs (C(OH)–C–C–N with tert-alkyl or cyclic N) is 1. The number of piperazine rings is 1. The molecule has 33 heavy (non-hydrogen) atoms. The molecule has 3 aromatic carbocycles. The monoisotopic (exact) mass is 444 g/mol. The van der Waals surface area contributed by atoms with Crippen molar-refractivity contribution in [1.29, 1.82) is 0 Å². The number of nitrogens with one attached hydrogen (secondary N) is 1. The van der Waals surface area contributed by atoms with Crippen molar-refractivity contribution in [3.63, 3.8) is 0 Å². The van der Waals surface area contributed by atoms with Gasteiger partial charge in [0.1, 0.15) is 24.2 Å². The minimum atomic E-state index is -0.493. The molecule has 5 heteroatoms. The van der Waals surface area contributed by atoms with Gasteiger partial charge in [0.05, 0.1) is 6.61 Å². The van der Waals surface area contributed by atoms with Crippen LogP contribution in [0.3, 0.4) is 0 Å². The second-order valence-electron chi connectivity index (χ2n) is 8.93. The average molecular weight is 445 g/mol. The summed E-state index contributed by atoms with van der Waals surface area (Å²) >= 11 is 0. The van der Waals surface area contributed by atoms with Crippen LogP contribution in [0.1, 0.15) is 28.5 Å². The Labute approximate surface area is 196 Å². The van der Waals surface area contributed by atoms with Gasteiger partial charge in [-0.05, 0) is 29.3 Å². The van der Waals surface area contributed by atoms with Crippen LogP contribution in [0.25, 0.3) is 0 Å². The predicted molar refractivity (Wildman–Crippen MR) is 130 cm³/mol. The molecule has 0 saturated carbocycles. The number of rotatable bonds is 7. The van der Waals surface area contributed by atoms with E-state index in [1.54, 1.807) is 0 Å². The quantitative estimate of drug-likeness (QED) is 0.583. The van der Waals surface area contributed by atoms with Crippen LogP contribution in [0.15, 0.2) is 78.9 Å². The Bertz CT molecular complexity index is 1020. The molecule has 3 atom stereocenters. The molecule has 3 unspecified atom stereocenters. The van der Waals surface area contributed by atoms with Crippen molar-refractivity contribution in [2.24, 2.45) is 0 Å². The molecule has 2 aliphatic rings. The molecule has 0 amide bonds. The van der Waals surface area contributed by atoms with Crippen LogP contribution in [0, 0.1) is 0 Å². The first-order valence-corrected chi connectivity index (χ1v) is 11.9. The van der Waals surface area contributed by atoms with Gasteiger partial charge in [-0.15, -0.1) is 0 Å². The fourth-order valence-corrected chi connectivity index (χ4v) is 4.97. The van der Waals surface area contributed by atoms with Crippen molar-refractivity contribution in [3.05, 3.63) is 95.6 Å².